The molecular formula is C17H22N4O2. The zero-order valence-corrected chi connectivity index (χ0v) is 13.4. The van der Waals surface area contributed by atoms with E-state index >= 15 is 0 Å². The van der Waals surface area contributed by atoms with Gasteiger partial charge >= 0.3 is 0 Å². The summed E-state index contributed by atoms with van der Waals surface area (Å²) in [4.78, 5) is 14.8. The molecule has 122 valence electrons. The minimum Gasteiger partial charge on any atom is -0.376 e. The molecule has 3 rings (SSSR count). The highest BCUT2D eigenvalue weighted by molar-refractivity contribution is 5.97. The van der Waals surface area contributed by atoms with Crippen LogP contribution in [0.25, 0.3) is 5.69 Å². The van der Waals surface area contributed by atoms with Gasteiger partial charge in [0, 0.05) is 19.7 Å². The van der Waals surface area contributed by atoms with Gasteiger partial charge in [-0.25, -0.2) is 0 Å². The van der Waals surface area contributed by atoms with Crippen molar-refractivity contribution in [3.05, 3.63) is 42.5 Å². The molecule has 1 atom stereocenters. The van der Waals surface area contributed by atoms with E-state index in [9.17, 15) is 4.79 Å². The van der Waals surface area contributed by atoms with Gasteiger partial charge in [-0.05, 0) is 31.4 Å². The van der Waals surface area contributed by atoms with Crippen molar-refractivity contribution >= 4 is 5.91 Å². The van der Waals surface area contributed by atoms with Crippen LogP contribution in [0.4, 0.5) is 0 Å². The Morgan fingerprint density at radius 1 is 1.30 bits per heavy atom. The summed E-state index contributed by atoms with van der Waals surface area (Å²) in [5.41, 5.74) is 1.47. The minimum absolute atomic E-state index is 0.0408. The number of para-hydroxylation sites is 1. The molecule has 1 aliphatic rings. The summed E-state index contributed by atoms with van der Waals surface area (Å²) in [6, 6.07) is 7.56. The normalized spacial score (nSPS) is 18.1. The molecule has 0 N–H and O–H groups in total. The van der Waals surface area contributed by atoms with Crippen LogP contribution in [0.15, 0.2) is 36.9 Å². The zero-order valence-electron chi connectivity index (χ0n) is 13.4. The average Bonchev–Trinajstić information content (AvgIpc) is 3.14. The van der Waals surface area contributed by atoms with Crippen molar-refractivity contribution in [2.45, 2.75) is 32.3 Å². The number of benzene rings is 1. The summed E-state index contributed by atoms with van der Waals surface area (Å²) in [7, 11) is 0. The Kier molecular flexibility index (Phi) is 5.02. The SMILES string of the molecule is CCCOC1CCCN(C(=O)c2ccccc2-n2cnnc2)C1. The molecule has 0 bridgehead atoms. The Balaban J connectivity index is 1.78. The largest absolute Gasteiger partial charge is 0.376 e. The first-order valence-corrected chi connectivity index (χ1v) is 8.14. The van der Waals surface area contributed by atoms with Crippen LogP contribution in [0.2, 0.25) is 0 Å². The molecule has 2 heterocycles. The van der Waals surface area contributed by atoms with Crippen LogP contribution in [0.1, 0.15) is 36.5 Å². The molecular weight excluding hydrogens is 292 g/mol. The second kappa shape index (κ2) is 7.37. The third-order valence-corrected chi connectivity index (χ3v) is 4.05. The van der Waals surface area contributed by atoms with Gasteiger partial charge in [0.1, 0.15) is 12.7 Å². The van der Waals surface area contributed by atoms with Crippen LogP contribution in [0, 0.1) is 0 Å². The quantitative estimate of drug-likeness (QED) is 0.849. The maximum Gasteiger partial charge on any atom is 0.256 e. The third-order valence-electron chi connectivity index (χ3n) is 4.05. The van der Waals surface area contributed by atoms with Gasteiger partial charge in [-0.15, -0.1) is 10.2 Å². The van der Waals surface area contributed by atoms with E-state index in [4.69, 9.17) is 4.74 Å². The van der Waals surface area contributed by atoms with Gasteiger partial charge in [0.2, 0.25) is 0 Å². The monoisotopic (exact) mass is 314 g/mol. The fourth-order valence-electron chi connectivity index (χ4n) is 2.92. The van der Waals surface area contributed by atoms with Crippen LogP contribution in [-0.2, 0) is 4.74 Å². The first kappa shape index (κ1) is 15.7. The van der Waals surface area contributed by atoms with E-state index < -0.39 is 0 Å². The molecule has 6 nitrogen and oxygen atoms in total. The highest BCUT2D eigenvalue weighted by Gasteiger charge is 2.26. The smallest absolute Gasteiger partial charge is 0.256 e. The second-order valence-electron chi connectivity index (χ2n) is 5.77. The molecule has 6 heteroatoms. The minimum atomic E-state index is 0.0408. The van der Waals surface area contributed by atoms with E-state index in [0.29, 0.717) is 12.1 Å². The second-order valence-corrected chi connectivity index (χ2v) is 5.77. The van der Waals surface area contributed by atoms with Crippen LogP contribution in [0.5, 0.6) is 0 Å². The molecule has 1 aromatic heterocycles. The molecule has 1 amide bonds. The zero-order chi connectivity index (χ0) is 16.1. The lowest BCUT2D eigenvalue weighted by Gasteiger charge is -2.33. The number of aromatic nitrogens is 3. The number of ether oxygens (including phenoxy) is 1. The highest BCUT2D eigenvalue weighted by atomic mass is 16.5. The van der Waals surface area contributed by atoms with Crippen molar-refractivity contribution in [2.75, 3.05) is 19.7 Å². The molecule has 0 aliphatic carbocycles. The average molecular weight is 314 g/mol. The fourth-order valence-corrected chi connectivity index (χ4v) is 2.92. The van der Waals surface area contributed by atoms with Gasteiger partial charge < -0.3 is 9.64 Å². The molecule has 2 aromatic rings. The standard InChI is InChI=1S/C17H22N4O2/c1-2-10-23-14-6-5-9-20(11-14)17(22)15-7-3-4-8-16(15)21-12-18-19-13-21/h3-4,7-8,12-14H,2,5-6,9-11H2,1H3. The number of hydrogen-bond donors (Lipinski definition) is 0. The Hall–Kier alpha value is -2.21. The Morgan fingerprint density at radius 2 is 2.09 bits per heavy atom. The Labute approximate surface area is 136 Å². The lowest BCUT2D eigenvalue weighted by atomic mass is 10.1. The summed E-state index contributed by atoms with van der Waals surface area (Å²) in [6.07, 6.45) is 6.37. The first-order valence-electron chi connectivity index (χ1n) is 8.14. The van der Waals surface area contributed by atoms with E-state index in [2.05, 4.69) is 17.1 Å². The number of hydrogen-bond acceptors (Lipinski definition) is 4. The van der Waals surface area contributed by atoms with Gasteiger partial charge in [-0.1, -0.05) is 19.1 Å². The van der Waals surface area contributed by atoms with E-state index in [1.807, 2.05) is 29.2 Å². The molecule has 0 radical (unpaired) electrons. The van der Waals surface area contributed by atoms with Gasteiger partial charge in [-0.3, -0.25) is 9.36 Å². The highest BCUT2D eigenvalue weighted by Crippen LogP contribution is 2.20. The van der Waals surface area contributed by atoms with Crippen molar-refractivity contribution in [3.63, 3.8) is 0 Å². The van der Waals surface area contributed by atoms with Crippen LogP contribution in [-0.4, -0.2) is 51.4 Å². The molecule has 23 heavy (non-hydrogen) atoms. The predicted octanol–water partition coefficient (Wildman–Crippen LogP) is 2.30. The molecule has 1 aromatic carbocycles. The Bertz CT molecular complexity index is 642. The van der Waals surface area contributed by atoms with Crippen LogP contribution in [0.3, 0.4) is 0 Å². The van der Waals surface area contributed by atoms with Gasteiger partial charge in [0.25, 0.3) is 5.91 Å². The summed E-state index contributed by atoms with van der Waals surface area (Å²) in [5, 5.41) is 7.65. The third kappa shape index (κ3) is 3.59. The fraction of sp³-hybridized carbons (Fsp3) is 0.471. The number of rotatable bonds is 5. The number of piperidine rings is 1. The summed E-state index contributed by atoms with van der Waals surface area (Å²) in [6.45, 7) is 4.29. The summed E-state index contributed by atoms with van der Waals surface area (Å²) < 4.78 is 7.60. The number of likely N-dealkylation sites (tertiary alicyclic amines) is 1. The maximum absolute atomic E-state index is 13.0. The molecule has 1 unspecified atom stereocenters. The summed E-state index contributed by atoms with van der Waals surface area (Å²) in [5.74, 6) is 0.0408. The molecule has 1 aliphatic heterocycles. The maximum atomic E-state index is 13.0. The predicted molar refractivity (Wildman–Crippen MR) is 86.5 cm³/mol. The topological polar surface area (TPSA) is 60.2 Å². The van der Waals surface area contributed by atoms with E-state index in [0.717, 1.165) is 38.1 Å². The molecule has 1 saturated heterocycles. The number of nitrogens with zero attached hydrogens (tertiary/aromatic N) is 4. The van der Waals surface area contributed by atoms with Crippen molar-refractivity contribution in [3.8, 4) is 5.69 Å². The van der Waals surface area contributed by atoms with Gasteiger partial charge in [0.05, 0.1) is 17.4 Å². The number of carbonyl (C=O) groups is 1. The molecule has 0 saturated carbocycles. The lowest BCUT2D eigenvalue weighted by Crippen LogP contribution is -2.43. The van der Waals surface area contributed by atoms with Crippen molar-refractivity contribution in [1.29, 1.82) is 0 Å². The van der Waals surface area contributed by atoms with Crippen LogP contribution < -0.4 is 0 Å². The first-order chi connectivity index (χ1) is 11.3. The van der Waals surface area contributed by atoms with Crippen molar-refractivity contribution in [1.82, 2.24) is 19.7 Å². The summed E-state index contributed by atoms with van der Waals surface area (Å²) >= 11 is 0. The molecule has 0 spiro atoms. The van der Waals surface area contributed by atoms with E-state index in [1.165, 1.54) is 0 Å². The Morgan fingerprint density at radius 3 is 2.87 bits per heavy atom. The van der Waals surface area contributed by atoms with E-state index in [1.54, 1.807) is 17.2 Å². The van der Waals surface area contributed by atoms with Crippen molar-refractivity contribution < 1.29 is 9.53 Å². The van der Waals surface area contributed by atoms with Gasteiger partial charge in [0.15, 0.2) is 0 Å². The number of carbonyl (C=O) groups excluding carboxylic acids is 1. The molecule has 1 fully saturated rings. The van der Waals surface area contributed by atoms with Gasteiger partial charge in [-0.2, -0.15) is 0 Å². The number of amides is 1. The van der Waals surface area contributed by atoms with Crippen LogP contribution >= 0.6 is 0 Å². The lowest BCUT2D eigenvalue weighted by molar-refractivity contribution is 0.00211. The van der Waals surface area contributed by atoms with E-state index in [-0.39, 0.29) is 12.0 Å². The van der Waals surface area contributed by atoms with Crippen molar-refractivity contribution in [2.24, 2.45) is 0 Å².